The van der Waals surface area contributed by atoms with Crippen molar-refractivity contribution < 1.29 is 13.9 Å². The lowest BCUT2D eigenvalue weighted by Crippen LogP contribution is -2.46. The summed E-state index contributed by atoms with van der Waals surface area (Å²) in [6.45, 7) is 1.19. The van der Waals surface area contributed by atoms with Crippen LogP contribution in [0.1, 0.15) is 74.6 Å². The summed E-state index contributed by atoms with van der Waals surface area (Å²) in [5.41, 5.74) is 0.926. The molecule has 0 spiro atoms. The van der Waals surface area contributed by atoms with Gasteiger partial charge in [-0.2, -0.15) is 0 Å². The van der Waals surface area contributed by atoms with Gasteiger partial charge in [-0.05, 0) is 60.4 Å². The van der Waals surface area contributed by atoms with E-state index in [1.165, 1.54) is 12.8 Å². The van der Waals surface area contributed by atoms with Gasteiger partial charge in [0.25, 0.3) is 5.56 Å². The first kappa shape index (κ1) is 22.5. The van der Waals surface area contributed by atoms with Gasteiger partial charge < -0.3 is 18.9 Å². The van der Waals surface area contributed by atoms with Crippen molar-refractivity contribution in [2.45, 2.75) is 76.0 Å². The lowest BCUT2D eigenvalue weighted by molar-refractivity contribution is 0.0508. The number of furan rings is 1. The van der Waals surface area contributed by atoms with Gasteiger partial charge in [0.1, 0.15) is 5.76 Å². The fourth-order valence-corrected chi connectivity index (χ4v) is 6.45. The SMILES string of the molecule is O=c1[nH]c2cc3c(cc2cc1CN(Cc1ccco1)C1(c2nnnn2C2CCCC2)CCCC1)OCO3. The first-order valence-corrected chi connectivity index (χ1v) is 13.2. The number of nitrogens with zero attached hydrogens (tertiary/aromatic N) is 5. The maximum absolute atomic E-state index is 13.3. The Bertz CT molecular complexity index is 1460. The number of aromatic amines is 1. The zero-order chi connectivity index (χ0) is 24.8. The second kappa shape index (κ2) is 9.02. The van der Waals surface area contributed by atoms with E-state index in [-0.39, 0.29) is 17.9 Å². The molecular weight excluding hydrogens is 472 g/mol. The van der Waals surface area contributed by atoms with Crippen molar-refractivity contribution in [3.63, 3.8) is 0 Å². The van der Waals surface area contributed by atoms with E-state index in [2.05, 4.69) is 30.1 Å². The van der Waals surface area contributed by atoms with Crippen molar-refractivity contribution in [3.05, 3.63) is 64.1 Å². The smallest absolute Gasteiger partial charge is 0.252 e. The second-order valence-corrected chi connectivity index (χ2v) is 10.5. The largest absolute Gasteiger partial charge is 0.468 e. The Morgan fingerprint density at radius 3 is 2.65 bits per heavy atom. The Labute approximate surface area is 213 Å². The molecule has 1 aliphatic heterocycles. The minimum absolute atomic E-state index is 0.112. The summed E-state index contributed by atoms with van der Waals surface area (Å²) in [4.78, 5) is 18.7. The van der Waals surface area contributed by atoms with Gasteiger partial charge in [0.05, 0.1) is 29.9 Å². The van der Waals surface area contributed by atoms with Crippen LogP contribution in [0.5, 0.6) is 11.5 Å². The maximum Gasteiger partial charge on any atom is 0.252 e. The Morgan fingerprint density at radius 1 is 1.05 bits per heavy atom. The van der Waals surface area contributed by atoms with Crippen LogP contribution in [-0.4, -0.2) is 36.9 Å². The zero-order valence-corrected chi connectivity index (χ0v) is 20.7. The molecule has 0 unspecified atom stereocenters. The quantitative estimate of drug-likeness (QED) is 0.395. The van der Waals surface area contributed by atoms with Gasteiger partial charge in [0, 0.05) is 23.6 Å². The summed E-state index contributed by atoms with van der Waals surface area (Å²) >= 11 is 0. The minimum Gasteiger partial charge on any atom is -0.468 e. The topological polar surface area (TPSA) is 111 Å². The second-order valence-electron chi connectivity index (χ2n) is 10.5. The maximum atomic E-state index is 13.3. The van der Waals surface area contributed by atoms with E-state index < -0.39 is 0 Å². The van der Waals surface area contributed by atoms with Gasteiger partial charge in [0.2, 0.25) is 6.79 Å². The number of hydrogen-bond donors (Lipinski definition) is 1. The first-order valence-electron chi connectivity index (χ1n) is 13.2. The van der Waals surface area contributed by atoms with Gasteiger partial charge in [-0.25, -0.2) is 4.68 Å². The average molecular weight is 503 g/mol. The van der Waals surface area contributed by atoms with Gasteiger partial charge in [-0.15, -0.1) is 5.10 Å². The van der Waals surface area contributed by atoms with Crippen LogP contribution >= 0.6 is 0 Å². The molecule has 4 heterocycles. The van der Waals surface area contributed by atoms with Crippen LogP contribution in [0.4, 0.5) is 0 Å². The summed E-state index contributed by atoms with van der Waals surface area (Å²) in [5, 5.41) is 14.2. The van der Waals surface area contributed by atoms with Crippen LogP contribution in [-0.2, 0) is 18.6 Å². The summed E-state index contributed by atoms with van der Waals surface area (Å²) in [6.07, 6.45) is 10.4. The first-order chi connectivity index (χ1) is 18.2. The van der Waals surface area contributed by atoms with E-state index in [4.69, 9.17) is 13.9 Å². The normalized spacial score (nSPS) is 18.9. The highest BCUT2D eigenvalue weighted by Crippen LogP contribution is 2.46. The number of nitrogens with one attached hydrogen (secondary N) is 1. The fourth-order valence-electron chi connectivity index (χ4n) is 6.45. The molecule has 37 heavy (non-hydrogen) atoms. The lowest BCUT2D eigenvalue weighted by atomic mass is 9.92. The molecule has 3 aliphatic rings. The van der Waals surface area contributed by atoms with E-state index in [0.717, 1.165) is 61.0 Å². The van der Waals surface area contributed by atoms with E-state index >= 15 is 0 Å². The Kier molecular flexibility index (Phi) is 5.49. The molecule has 0 atom stereocenters. The number of hydrogen-bond acceptors (Lipinski definition) is 8. The summed E-state index contributed by atoms with van der Waals surface area (Å²) in [6, 6.07) is 9.95. The van der Waals surface area contributed by atoms with Crippen LogP contribution < -0.4 is 15.0 Å². The highest BCUT2D eigenvalue weighted by molar-refractivity contribution is 5.83. The molecule has 0 bridgehead atoms. The molecule has 1 aromatic carbocycles. The molecule has 1 N–H and O–H groups in total. The van der Waals surface area contributed by atoms with Gasteiger partial charge in [-0.1, -0.05) is 25.7 Å². The highest BCUT2D eigenvalue weighted by Gasteiger charge is 2.47. The number of pyridine rings is 1. The number of aromatic nitrogens is 5. The summed E-state index contributed by atoms with van der Waals surface area (Å²) in [5.74, 6) is 3.12. The van der Waals surface area contributed by atoms with Crippen LogP contribution in [0.3, 0.4) is 0 Å². The third-order valence-corrected chi connectivity index (χ3v) is 8.32. The van der Waals surface area contributed by atoms with Gasteiger partial charge in [0.15, 0.2) is 17.3 Å². The third-order valence-electron chi connectivity index (χ3n) is 8.32. The molecule has 2 fully saturated rings. The molecule has 0 amide bonds. The van der Waals surface area contributed by atoms with Crippen LogP contribution in [0.15, 0.2) is 45.8 Å². The Hall–Kier alpha value is -3.66. The van der Waals surface area contributed by atoms with Gasteiger partial charge in [-0.3, -0.25) is 9.69 Å². The number of H-pyrrole nitrogens is 1. The van der Waals surface area contributed by atoms with Crippen molar-refractivity contribution in [1.29, 1.82) is 0 Å². The van der Waals surface area contributed by atoms with Crippen LogP contribution in [0, 0.1) is 0 Å². The average Bonchev–Trinajstić information content (AvgIpc) is 3.73. The van der Waals surface area contributed by atoms with E-state index in [1.807, 2.05) is 30.3 Å². The van der Waals surface area contributed by atoms with Crippen LogP contribution in [0.2, 0.25) is 0 Å². The number of fused-ring (bicyclic) bond motifs is 2. The molecule has 192 valence electrons. The molecule has 0 saturated heterocycles. The van der Waals surface area contributed by atoms with Crippen molar-refractivity contribution in [3.8, 4) is 11.5 Å². The van der Waals surface area contributed by atoms with E-state index in [0.29, 0.717) is 36.2 Å². The lowest BCUT2D eigenvalue weighted by Gasteiger charge is -2.40. The Morgan fingerprint density at radius 2 is 1.86 bits per heavy atom. The van der Waals surface area contributed by atoms with Crippen molar-refractivity contribution in [2.24, 2.45) is 0 Å². The summed E-state index contributed by atoms with van der Waals surface area (Å²) < 4.78 is 18.9. The predicted molar refractivity (Wildman–Crippen MR) is 134 cm³/mol. The number of ether oxygens (including phenoxy) is 2. The zero-order valence-electron chi connectivity index (χ0n) is 20.7. The molecule has 2 aliphatic carbocycles. The monoisotopic (exact) mass is 502 g/mol. The predicted octanol–water partition coefficient (Wildman–Crippen LogP) is 4.42. The van der Waals surface area contributed by atoms with E-state index in [1.54, 1.807) is 6.26 Å². The van der Waals surface area contributed by atoms with Gasteiger partial charge >= 0.3 is 0 Å². The number of benzene rings is 1. The molecule has 2 saturated carbocycles. The summed E-state index contributed by atoms with van der Waals surface area (Å²) in [7, 11) is 0. The van der Waals surface area contributed by atoms with Crippen molar-refractivity contribution in [1.82, 2.24) is 30.1 Å². The van der Waals surface area contributed by atoms with E-state index in [9.17, 15) is 4.79 Å². The fraction of sp³-hybridized carbons (Fsp3) is 0.481. The van der Waals surface area contributed by atoms with Crippen LogP contribution in [0.25, 0.3) is 10.9 Å². The highest BCUT2D eigenvalue weighted by atomic mass is 16.7. The Balaban J connectivity index is 1.31. The number of rotatable bonds is 7. The third kappa shape index (κ3) is 3.90. The number of tetrazole rings is 1. The standard InChI is InChI=1S/C27H30N6O4/c34-25-19(12-18-13-23-24(37-17-36-23)14-22(18)28-25)15-32(16-21-8-5-11-35-21)27(9-3-4-10-27)26-29-30-31-33(26)20-6-1-2-7-20/h5,8,11-14,20H,1-4,6-7,9-10,15-17H2,(H,28,34). The van der Waals surface area contributed by atoms with Crippen molar-refractivity contribution >= 4 is 10.9 Å². The minimum atomic E-state index is -0.380. The molecular formula is C27H30N6O4. The molecule has 4 aromatic rings. The van der Waals surface area contributed by atoms with Crippen molar-refractivity contribution in [2.75, 3.05) is 6.79 Å². The molecule has 7 rings (SSSR count). The molecule has 0 radical (unpaired) electrons. The molecule has 10 heteroatoms. The molecule has 3 aromatic heterocycles. The molecule has 10 nitrogen and oxygen atoms in total.